The highest BCUT2D eigenvalue weighted by molar-refractivity contribution is 8.28. The van der Waals surface area contributed by atoms with Crippen LogP contribution in [0.4, 0.5) is 0 Å². The van der Waals surface area contributed by atoms with Crippen molar-refractivity contribution in [2.24, 2.45) is 9.98 Å². The SMILES string of the molecule is CC(=O)CN=C1N=C(N(Cc2ccccc2)Cc2ccccc2)S1. The monoisotopic (exact) mass is 337 g/mol. The van der Waals surface area contributed by atoms with Gasteiger partial charge in [0.2, 0.25) is 0 Å². The van der Waals surface area contributed by atoms with Crippen molar-refractivity contribution in [2.45, 2.75) is 20.0 Å². The first-order valence-corrected chi connectivity index (χ1v) is 8.65. The van der Waals surface area contributed by atoms with E-state index in [1.165, 1.54) is 29.8 Å². The zero-order valence-electron chi connectivity index (χ0n) is 13.6. The maximum absolute atomic E-state index is 11.0. The van der Waals surface area contributed by atoms with Crippen LogP contribution in [0, 0.1) is 0 Å². The summed E-state index contributed by atoms with van der Waals surface area (Å²) in [5.74, 6) is 0.0529. The van der Waals surface area contributed by atoms with E-state index >= 15 is 0 Å². The zero-order valence-corrected chi connectivity index (χ0v) is 14.4. The van der Waals surface area contributed by atoms with E-state index in [0.29, 0.717) is 5.17 Å². The number of hydrogen-bond donors (Lipinski definition) is 0. The van der Waals surface area contributed by atoms with Crippen molar-refractivity contribution >= 4 is 27.9 Å². The van der Waals surface area contributed by atoms with E-state index in [0.717, 1.165) is 18.3 Å². The normalized spacial score (nSPS) is 14.9. The minimum Gasteiger partial charge on any atom is -0.342 e. The fourth-order valence-corrected chi connectivity index (χ4v) is 3.03. The summed E-state index contributed by atoms with van der Waals surface area (Å²) in [7, 11) is 0. The molecule has 1 aliphatic heterocycles. The molecular weight excluding hydrogens is 318 g/mol. The third kappa shape index (κ3) is 4.55. The molecule has 2 aromatic carbocycles. The topological polar surface area (TPSA) is 45.0 Å². The molecule has 0 bridgehead atoms. The summed E-state index contributed by atoms with van der Waals surface area (Å²) >= 11 is 1.54. The first-order chi connectivity index (χ1) is 11.7. The second-order valence-electron chi connectivity index (χ2n) is 5.62. The average molecular weight is 337 g/mol. The molecule has 0 atom stereocenters. The molecule has 5 heteroatoms. The summed E-state index contributed by atoms with van der Waals surface area (Å²) in [6.45, 7) is 3.33. The summed E-state index contributed by atoms with van der Waals surface area (Å²) < 4.78 is 0. The van der Waals surface area contributed by atoms with Gasteiger partial charge in [0.05, 0.1) is 0 Å². The quantitative estimate of drug-likeness (QED) is 0.807. The van der Waals surface area contributed by atoms with Gasteiger partial charge in [0.1, 0.15) is 6.54 Å². The summed E-state index contributed by atoms with van der Waals surface area (Å²) in [6, 6.07) is 20.7. The maximum atomic E-state index is 11.0. The molecule has 24 heavy (non-hydrogen) atoms. The van der Waals surface area contributed by atoms with Gasteiger partial charge in [-0.15, -0.1) is 0 Å². The Bertz CT molecular complexity index is 715. The molecule has 0 N–H and O–H groups in total. The molecule has 0 fully saturated rings. The molecular formula is C19H19N3OS. The number of aliphatic imine (C=N–C) groups is 2. The second kappa shape index (κ2) is 7.93. The molecule has 0 radical (unpaired) electrons. The molecule has 2 aromatic rings. The Labute approximate surface area is 146 Å². The largest absolute Gasteiger partial charge is 0.342 e. The standard InChI is InChI=1S/C19H19N3OS/c1-15(23)12-20-18-21-19(24-18)22(13-16-8-4-2-5-9-16)14-17-10-6-3-7-11-17/h2-11H,12-14H2,1H3. The van der Waals surface area contributed by atoms with Gasteiger partial charge in [0.15, 0.2) is 16.1 Å². The third-order valence-electron chi connectivity index (χ3n) is 3.51. The highest BCUT2D eigenvalue weighted by Crippen LogP contribution is 2.26. The number of amidine groups is 2. The van der Waals surface area contributed by atoms with Gasteiger partial charge in [-0.05, 0) is 29.8 Å². The van der Waals surface area contributed by atoms with Crippen LogP contribution in [0.5, 0.6) is 0 Å². The van der Waals surface area contributed by atoms with E-state index in [-0.39, 0.29) is 12.3 Å². The number of benzene rings is 2. The van der Waals surface area contributed by atoms with Crippen molar-refractivity contribution in [2.75, 3.05) is 6.54 Å². The van der Waals surface area contributed by atoms with E-state index in [1.807, 2.05) is 36.4 Å². The van der Waals surface area contributed by atoms with Crippen molar-refractivity contribution in [3.63, 3.8) is 0 Å². The molecule has 1 heterocycles. The van der Waals surface area contributed by atoms with Crippen LogP contribution in [0.1, 0.15) is 18.1 Å². The molecule has 0 aliphatic carbocycles. The Hall–Kier alpha value is -2.40. The van der Waals surface area contributed by atoms with Crippen LogP contribution in [-0.2, 0) is 17.9 Å². The predicted octanol–water partition coefficient (Wildman–Crippen LogP) is 3.74. The minimum atomic E-state index is 0.0529. The zero-order chi connectivity index (χ0) is 16.8. The molecule has 3 rings (SSSR count). The highest BCUT2D eigenvalue weighted by Gasteiger charge is 2.24. The van der Waals surface area contributed by atoms with Crippen molar-refractivity contribution in [3.05, 3.63) is 71.8 Å². The number of carbonyl (C=O) groups is 1. The van der Waals surface area contributed by atoms with Gasteiger partial charge >= 0.3 is 0 Å². The van der Waals surface area contributed by atoms with Crippen molar-refractivity contribution < 1.29 is 4.79 Å². The average Bonchev–Trinajstić information content (AvgIpc) is 2.55. The molecule has 0 spiro atoms. The van der Waals surface area contributed by atoms with E-state index < -0.39 is 0 Å². The maximum Gasteiger partial charge on any atom is 0.193 e. The molecule has 0 aromatic heterocycles. The molecule has 0 saturated carbocycles. The first kappa shape index (κ1) is 16.5. The number of ketones is 1. The summed E-state index contributed by atoms with van der Waals surface area (Å²) in [5, 5.41) is 1.64. The molecule has 0 unspecified atom stereocenters. The number of thioether (sulfide) groups is 1. The Morgan fingerprint density at radius 1 is 1.00 bits per heavy atom. The van der Waals surface area contributed by atoms with Gasteiger partial charge in [-0.25, -0.2) is 0 Å². The van der Waals surface area contributed by atoms with Crippen LogP contribution >= 0.6 is 11.8 Å². The van der Waals surface area contributed by atoms with Gasteiger partial charge in [-0.3, -0.25) is 9.79 Å². The lowest BCUT2D eigenvalue weighted by molar-refractivity contribution is -0.115. The fraction of sp³-hybridized carbons (Fsp3) is 0.211. The van der Waals surface area contributed by atoms with Gasteiger partial charge in [0, 0.05) is 13.1 Å². The third-order valence-corrected chi connectivity index (χ3v) is 4.45. The van der Waals surface area contributed by atoms with Gasteiger partial charge in [-0.1, -0.05) is 60.7 Å². The van der Waals surface area contributed by atoms with Gasteiger partial charge in [-0.2, -0.15) is 4.99 Å². The molecule has 122 valence electrons. The first-order valence-electron chi connectivity index (χ1n) is 7.84. The predicted molar refractivity (Wildman–Crippen MR) is 100 cm³/mol. The van der Waals surface area contributed by atoms with E-state index in [2.05, 4.69) is 39.2 Å². The van der Waals surface area contributed by atoms with Crippen LogP contribution in [0.2, 0.25) is 0 Å². The lowest BCUT2D eigenvalue weighted by Gasteiger charge is -2.29. The van der Waals surface area contributed by atoms with Crippen LogP contribution in [0.25, 0.3) is 0 Å². The van der Waals surface area contributed by atoms with E-state index in [1.54, 1.807) is 0 Å². The minimum absolute atomic E-state index is 0.0529. The number of hydrogen-bond acceptors (Lipinski definition) is 4. The Balaban J connectivity index is 1.74. The van der Waals surface area contributed by atoms with E-state index in [9.17, 15) is 4.79 Å². The van der Waals surface area contributed by atoms with Crippen LogP contribution in [0.3, 0.4) is 0 Å². The number of Topliss-reactive ketones (excluding diaryl/α,β-unsaturated/α-hetero) is 1. The number of nitrogens with zero attached hydrogens (tertiary/aromatic N) is 3. The molecule has 0 amide bonds. The van der Waals surface area contributed by atoms with Gasteiger partial charge in [0.25, 0.3) is 0 Å². The summed E-state index contributed by atoms with van der Waals surface area (Å²) in [4.78, 5) is 21.9. The van der Waals surface area contributed by atoms with Crippen molar-refractivity contribution in [1.82, 2.24) is 4.90 Å². The molecule has 4 nitrogen and oxygen atoms in total. The Morgan fingerprint density at radius 3 is 1.96 bits per heavy atom. The summed E-state index contributed by atoms with van der Waals surface area (Å²) in [5.41, 5.74) is 2.48. The van der Waals surface area contributed by atoms with Crippen LogP contribution < -0.4 is 0 Å². The highest BCUT2D eigenvalue weighted by atomic mass is 32.2. The van der Waals surface area contributed by atoms with Gasteiger partial charge < -0.3 is 4.90 Å². The van der Waals surface area contributed by atoms with Crippen molar-refractivity contribution in [1.29, 1.82) is 0 Å². The second-order valence-corrected chi connectivity index (χ2v) is 6.56. The fourth-order valence-electron chi connectivity index (χ4n) is 2.35. The summed E-state index contributed by atoms with van der Waals surface area (Å²) in [6.07, 6.45) is 0. The Morgan fingerprint density at radius 2 is 1.50 bits per heavy atom. The smallest absolute Gasteiger partial charge is 0.193 e. The molecule has 0 saturated heterocycles. The van der Waals surface area contributed by atoms with Crippen LogP contribution in [0.15, 0.2) is 70.6 Å². The van der Waals surface area contributed by atoms with Crippen molar-refractivity contribution in [3.8, 4) is 0 Å². The number of carbonyl (C=O) groups excluding carboxylic acids is 1. The molecule has 1 aliphatic rings. The van der Waals surface area contributed by atoms with E-state index in [4.69, 9.17) is 0 Å². The number of rotatable bonds is 6. The van der Waals surface area contributed by atoms with Crippen LogP contribution in [-0.4, -0.2) is 27.6 Å². The Kier molecular flexibility index (Phi) is 5.43. The lowest BCUT2D eigenvalue weighted by atomic mass is 10.2. The lowest BCUT2D eigenvalue weighted by Crippen LogP contribution is -2.33.